The van der Waals surface area contributed by atoms with E-state index in [1.165, 1.54) is 0 Å². The summed E-state index contributed by atoms with van der Waals surface area (Å²) in [5.74, 6) is 0.597. The summed E-state index contributed by atoms with van der Waals surface area (Å²) < 4.78 is 4.91. The van der Waals surface area contributed by atoms with E-state index in [0.717, 1.165) is 11.4 Å². The molecule has 2 aromatic heterocycles. The van der Waals surface area contributed by atoms with Crippen molar-refractivity contribution in [3.8, 4) is 0 Å². The average Bonchev–Trinajstić information content (AvgIpc) is 2.92. The lowest BCUT2D eigenvalue weighted by atomic mass is 10.2. The summed E-state index contributed by atoms with van der Waals surface area (Å²) in [6.07, 6.45) is 1.55. The molecule has 0 bridgehead atoms. The Morgan fingerprint density at radius 1 is 1.17 bits per heavy atom. The molecule has 6 nitrogen and oxygen atoms in total. The predicted octanol–water partition coefficient (Wildman–Crippen LogP) is 4.03. The molecule has 0 spiro atoms. The van der Waals surface area contributed by atoms with E-state index in [1.807, 2.05) is 12.1 Å². The molecule has 0 aliphatic rings. The van der Waals surface area contributed by atoms with Gasteiger partial charge in [0.25, 0.3) is 5.91 Å². The van der Waals surface area contributed by atoms with E-state index in [1.54, 1.807) is 43.5 Å². The Morgan fingerprint density at radius 2 is 2.00 bits per heavy atom. The first kappa shape index (κ1) is 15.1. The standard InChI is InChI=1S/C16H13ClN4O2/c1-10-7-15(21-23-10)20-16(22)14-9-13(5-6-18-14)19-12-4-2-3-11(17)8-12/h2-9H,1H3,(H,18,19)(H,20,21,22). The fourth-order valence-corrected chi connectivity index (χ4v) is 2.16. The highest BCUT2D eigenvalue weighted by Crippen LogP contribution is 2.20. The molecule has 0 aliphatic carbocycles. The first-order chi connectivity index (χ1) is 11.1. The quantitative estimate of drug-likeness (QED) is 0.756. The zero-order chi connectivity index (χ0) is 16.2. The molecule has 3 aromatic rings. The number of hydrogen-bond acceptors (Lipinski definition) is 5. The molecule has 0 unspecified atom stereocenters. The molecule has 0 saturated heterocycles. The van der Waals surface area contributed by atoms with E-state index in [9.17, 15) is 4.79 Å². The molecule has 0 saturated carbocycles. The number of aromatic nitrogens is 2. The van der Waals surface area contributed by atoms with Crippen LogP contribution in [-0.4, -0.2) is 16.0 Å². The van der Waals surface area contributed by atoms with E-state index in [2.05, 4.69) is 20.8 Å². The lowest BCUT2D eigenvalue weighted by Gasteiger charge is -2.08. The zero-order valence-electron chi connectivity index (χ0n) is 12.2. The van der Waals surface area contributed by atoms with Crippen LogP contribution in [0.5, 0.6) is 0 Å². The highest BCUT2D eigenvalue weighted by atomic mass is 35.5. The number of carbonyl (C=O) groups excluding carboxylic acids is 1. The number of nitrogens with one attached hydrogen (secondary N) is 2. The highest BCUT2D eigenvalue weighted by Gasteiger charge is 2.11. The number of nitrogens with zero attached hydrogens (tertiary/aromatic N) is 2. The largest absolute Gasteiger partial charge is 0.360 e. The maximum absolute atomic E-state index is 12.2. The Bertz CT molecular complexity index is 847. The first-order valence-corrected chi connectivity index (χ1v) is 7.21. The molecule has 1 aromatic carbocycles. The van der Waals surface area contributed by atoms with Gasteiger partial charge in [0, 0.05) is 28.7 Å². The van der Waals surface area contributed by atoms with Crippen LogP contribution in [0.1, 0.15) is 16.2 Å². The van der Waals surface area contributed by atoms with Crippen molar-refractivity contribution in [2.75, 3.05) is 10.6 Å². The summed E-state index contributed by atoms with van der Waals surface area (Å²) >= 11 is 5.95. The first-order valence-electron chi connectivity index (χ1n) is 6.83. The van der Waals surface area contributed by atoms with Crippen LogP contribution in [0.25, 0.3) is 0 Å². The van der Waals surface area contributed by atoms with Crippen LogP contribution >= 0.6 is 11.6 Å². The maximum Gasteiger partial charge on any atom is 0.275 e. The number of amides is 1. The van der Waals surface area contributed by atoms with Crippen LogP contribution in [-0.2, 0) is 0 Å². The lowest BCUT2D eigenvalue weighted by Crippen LogP contribution is -2.14. The predicted molar refractivity (Wildman–Crippen MR) is 88.2 cm³/mol. The van der Waals surface area contributed by atoms with Gasteiger partial charge in [0.05, 0.1) is 0 Å². The monoisotopic (exact) mass is 328 g/mol. The topological polar surface area (TPSA) is 80.0 Å². The van der Waals surface area contributed by atoms with E-state index in [4.69, 9.17) is 16.1 Å². The number of benzene rings is 1. The molecule has 0 aliphatic heterocycles. The molecule has 2 heterocycles. The van der Waals surface area contributed by atoms with E-state index >= 15 is 0 Å². The molecular weight excluding hydrogens is 316 g/mol. The molecule has 0 radical (unpaired) electrons. The van der Waals surface area contributed by atoms with Gasteiger partial charge < -0.3 is 15.2 Å². The molecule has 0 fully saturated rings. The van der Waals surface area contributed by atoms with Crippen LogP contribution < -0.4 is 10.6 Å². The molecular formula is C16H13ClN4O2. The second-order valence-electron chi connectivity index (χ2n) is 4.84. The van der Waals surface area contributed by atoms with Crippen molar-refractivity contribution < 1.29 is 9.32 Å². The van der Waals surface area contributed by atoms with Gasteiger partial charge in [-0.05, 0) is 37.3 Å². The summed E-state index contributed by atoms with van der Waals surface area (Å²) in [5.41, 5.74) is 1.81. The van der Waals surface area contributed by atoms with Crippen molar-refractivity contribution in [2.24, 2.45) is 0 Å². The Kier molecular flexibility index (Phi) is 4.25. The van der Waals surface area contributed by atoms with Crippen LogP contribution in [0, 0.1) is 6.92 Å². The Morgan fingerprint density at radius 3 is 2.74 bits per heavy atom. The van der Waals surface area contributed by atoms with Crippen molar-refractivity contribution in [3.63, 3.8) is 0 Å². The number of halogens is 1. The average molecular weight is 329 g/mol. The summed E-state index contributed by atoms with van der Waals surface area (Å²) in [7, 11) is 0. The van der Waals surface area contributed by atoms with Gasteiger partial charge in [0.2, 0.25) is 0 Å². The smallest absolute Gasteiger partial charge is 0.275 e. The SMILES string of the molecule is Cc1cc(NC(=O)c2cc(Nc3cccc(Cl)c3)ccn2)no1. The summed E-state index contributed by atoms with van der Waals surface area (Å²) in [6, 6.07) is 12.3. The summed E-state index contributed by atoms with van der Waals surface area (Å²) in [6.45, 7) is 1.75. The van der Waals surface area contributed by atoms with Crippen LogP contribution in [0.15, 0.2) is 53.2 Å². The maximum atomic E-state index is 12.2. The summed E-state index contributed by atoms with van der Waals surface area (Å²) in [5, 5.41) is 10.1. The van der Waals surface area contributed by atoms with Gasteiger partial charge in [-0.25, -0.2) is 0 Å². The molecule has 116 valence electrons. The minimum atomic E-state index is -0.368. The molecule has 0 atom stereocenters. The van der Waals surface area contributed by atoms with Crippen molar-refractivity contribution in [3.05, 3.63) is 65.1 Å². The summed E-state index contributed by atoms with van der Waals surface area (Å²) in [4.78, 5) is 16.2. The Labute approximate surface area is 137 Å². The van der Waals surface area contributed by atoms with Gasteiger partial charge in [-0.2, -0.15) is 0 Å². The highest BCUT2D eigenvalue weighted by molar-refractivity contribution is 6.30. The number of rotatable bonds is 4. The Balaban J connectivity index is 1.75. The number of anilines is 3. The second kappa shape index (κ2) is 6.50. The number of pyridine rings is 1. The molecule has 7 heteroatoms. The van der Waals surface area contributed by atoms with Crippen LogP contribution in [0.2, 0.25) is 5.02 Å². The normalized spacial score (nSPS) is 10.3. The third kappa shape index (κ3) is 3.87. The number of hydrogen-bond donors (Lipinski definition) is 2. The third-order valence-electron chi connectivity index (χ3n) is 2.98. The number of carbonyl (C=O) groups is 1. The number of aryl methyl sites for hydroxylation is 1. The van der Waals surface area contributed by atoms with E-state index < -0.39 is 0 Å². The fraction of sp³-hybridized carbons (Fsp3) is 0.0625. The van der Waals surface area contributed by atoms with E-state index in [0.29, 0.717) is 16.6 Å². The van der Waals surface area contributed by atoms with Crippen LogP contribution in [0.3, 0.4) is 0 Å². The van der Waals surface area contributed by atoms with Gasteiger partial charge in [-0.3, -0.25) is 9.78 Å². The van der Waals surface area contributed by atoms with Crippen LogP contribution in [0.4, 0.5) is 17.2 Å². The molecule has 2 N–H and O–H groups in total. The van der Waals surface area contributed by atoms with Gasteiger partial charge in [-0.1, -0.05) is 22.8 Å². The molecule has 23 heavy (non-hydrogen) atoms. The van der Waals surface area contributed by atoms with E-state index in [-0.39, 0.29) is 11.6 Å². The van der Waals surface area contributed by atoms with Gasteiger partial charge in [-0.15, -0.1) is 0 Å². The van der Waals surface area contributed by atoms with Crippen molar-refractivity contribution in [1.82, 2.24) is 10.1 Å². The third-order valence-corrected chi connectivity index (χ3v) is 3.21. The Hall–Kier alpha value is -2.86. The van der Waals surface area contributed by atoms with Gasteiger partial charge in [0.15, 0.2) is 5.82 Å². The fourth-order valence-electron chi connectivity index (χ4n) is 1.97. The van der Waals surface area contributed by atoms with Crippen molar-refractivity contribution in [1.29, 1.82) is 0 Å². The second-order valence-corrected chi connectivity index (χ2v) is 5.28. The van der Waals surface area contributed by atoms with Gasteiger partial charge >= 0.3 is 0 Å². The minimum Gasteiger partial charge on any atom is -0.360 e. The minimum absolute atomic E-state index is 0.262. The van der Waals surface area contributed by atoms with Crippen molar-refractivity contribution >= 4 is 34.7 Å². The zero-order valence-corrected chi connectivity index (χ0v) is 13.0. The lowest BCUT2D eigenvalue weighted by molar-refractivity contribution is 0.102. The molecule has 3 rings (SSSR count). The molecule has 1 amide bonds. The van der Waals surface area contributed by atoms with Crippen molar-refractivity contribution in [2.45, 2.75) is 6.92 Å². The van der Waals surface area contributed by atoms with Gasteiger partial charge in [0.1, 0.15) is 11.5 Å².